The van der Waals surface area contributed by atoms with Crippen LogP contribution >= 0.6 is 0 Å². The van der Waals surface area contributed by atoms with E-state index in [1.165, 1.54) is 11.4 Å². The molecule has 0 aliphatic carbocycles. The van der Waals surface area contributed by atoms with Gasteiger partial charge in [-0.05, 0) is 6.07 Å². The van der Waals surface area contributed by atoms with Crippen molar-refractivity contribution in [1.82, 2.24) is 14.7 Å². The van der Waals surface area contributed by atoms with Crippen LogP contribution in [0.2, 0.25) is 0 Å². The van der Waals surface area contributed by atoms with E-state index in [1.54, 1.807) is 0 Å². The smallest absolute Gasteiger partial charge is 0.0681 e. The van der Waals surface area contributed by atoms with E-state index >= 15 is 0 Å². The zero-order valence-electron chi connectivity index (χ0n) is 11.4. The van der Waals surface area contributed by atoms with Gasteiger partial charge in [0.1, 0.15) is 0 Å². The van der Waals surface area contributed by atoms with Crippen molar-refractivity contribution in [2.45, 2.75) is 32.7 Å². The van der Waals surface area contributed by atoms with E-state index in [0.717, 1.165) is 32.8 Å². The summed E-state index contributed by atoms with van der Waals surface area (Å²) < 4.78 is 7.37. The lowest BCUT2D eigenvalue weighted by atomic mass is 9.92. The minimum atomic E-state index is 0.126. The Balaban J connectivity index is 2.07. The molecule has 0 N–H and O–H groups in total. The molecule has 4 nitrogen and oxygen atoms in total. The Hall–Kier alpha value is -0.870. The Kier molecular flexibility index (Phi) is 3.54. The van der Waals surface area contributed by atoms with Crippen molar-refractivity contribution in [2.75, 3.05) is 26.3 Å². The van der Waals surface area contributed by atoms with Crippen molar-refractivity contribution in [3.63, 3.8) is 0 Å². The van der Waals surface area contributed by atoms with Gasteiger partial charge in [0.2, 0.25) is 0 Å². The molecule has 0 bridgehead atoms. The van der Waals surface area contributed by atoms with Crippen molar-refractivity contribution < 1.29 is 4.74 Å². The van der Waals surface area contributed by atoms with Crippen LogP contribution in [0.5, 0.6) is 0 Å². The Labute approximate surface area is 104 Å². The molecule has 0 atom stereocenters. The van der Waals surface area contributed by atoms with Crippen LogP contribution < -0.4 is 0 Å². The summed E-state index contributed by atoms with van der Waals surface area (Å²) in [7, 11) is 2.03. The summed E-state index contributed by atoms with van der Waals surface area (Å²) in [6, 6.07) is 2.23. The molecule has 1 fully saturated rings. The van der Waals surface area contributed by atoms with Crippen LogP contribution in [-0.4, -0.2) is 41.0 Å². The lowest BCUT2D eigenvalue weighted by Crippen LogP contribution is -2.36. The molecule has 1 aromatic rings. The Morgan fingerprint density at radius 3 is 2.47 bits per heavy atom. The van der Waals surface area contributed by atoms with Crippen LogP contribution in [-0.2, 0) is 23.7 Å². The molecule has 1 aliphatic heterocycles. The zero-order valence-corrected chi connectivity index (χ0v) is 11.4. The van der Waals surface area contributed by atoms with E-state index in [-0.39, 0.29) is 5.41 Å². The van der Waals surface area contributed by atoms with Gasteiger partial charge in [0, 0.05) is 32.1 Å². The first-order chi connectivity index (χ1) is 7.97. The first-order valence-electron chi connectivity index (χ1n) is 6.30. The van der Waals surface area contributed by atoms with E-state index in [4.69, 9.17) is 4.74 Å². The highest BCUT2D eigenvalue weighted by molar-refractivity contribution is 5.17. The normalized spacial score (nSPS) is 18.6. The number of aromatic nitrogens is 2. The quantitative estimate of drug-likeness (QED) is 0.782. The van der Waals surface area contributed by atoms with Crippen molar-refractivity contribution in [3.05, 3.63) is 17.5 Å². The van der Waals surface area contributed by atoms with Crippen LogP contribution in [0.3, 0.4) is 0 Å². The summed E-state index contributed by atoms with van der Waals surface area (Å²) in [6.45, 7) is 11.3. The molecule has 0 aromatic carbocycles. The summed E-state index contributed by atoms with van der Waals surface area (Å²) in [6.07, 6.45) is 0. The summed E-state index contributed by atoms with van der Waals surface area (Å²) >= 11 is 0. The highest BCUT2D eigenvalue weighted by Gasteiger charge is 2.20. The average Bonchev–Trinajstić information content (AvgIpc) is 2.62. The number of morpholine rings is 1. The topological polar surface area (TPSA) is 30.3 Å². The second kappa shape index (κ2) is 4.78. The van der Waals surface area contributed by atoms with E-state index < -0.39 is 0 Å². The molecule has 0 saturated carbocycles. The second-order valence-corrected chi connectivity index (χ2v) is 5.78. The molecule has 96 valence electrons. The van der Waals surface area contributed by atoms with Crippen LogP contribution in [0.4, 0.5) is 0 Å². The third kappa shape index (κ3) is 3.07. The molecule has 2 heterocycles. The summed E-state index contributed by atoms with van der Waals surface area (Å²) in [4.78, 5) is 2.42. The van der Waals surface area contributed by atoms with Gasteiger partial charge in [-0.15, -0.1) is 0 Å². The van der Waals surface area contributed by atoms with Crippen molar-refractivity contribution in [2.24, 2.45) is 7.05 Å². The fourth-order valence-electron chi connectivity index (χ4n) is 2.01. The first-order valence-corrected chi connectivity index (χ1v) is 6.30. The fraction of sp³-hybridized carbons (Fsp3) is 0.769. The van der Waals surface area contributed by atoms with Gasteiger partial charge in [-0.3, -0.25) is 9.58 Å². The average molecular weight is 237 g/mol. The third-order valence-electron chi connectivity index (χ3n) is 3.23. The lowest BCUT2D eigenvalue weighted by Gasteiger charge is -2.26. The first kappa shape index (κ1) is 12.6. The minimum Gasteiger partial charge on any atom is -0.379 e. The second-order valence-electron chi connectivity index (χ2n) is 5.78. The molecule has 0 radical (unpaired) electrons. The van der Waals surface area contributed by atoms with E-state index in [1.807, 2.05) is 11.7 Å². The molecule has 0 unspecified atom stereocenters. The third-order valence-corrected chi connectivity index (χ3v) is 3.23. The maximum Gasteiger partial charge on any atom is 0.0681 e. The SMILES string of the molecule is Cn1nc(C(C)(C)C)cc1CN1CCOCC1. The number of ether oxygens (including phenoxy) is 1. The minimum absolute atomic E-state index is 0.126. The number of rotatable bonds is 2. The standard InChI is InChI=1S/C13H23N3O/c1-13(2,3)12-9-11(15(4)14-12)10-16-5-7-17-8-6-16/h9H,5-8,10H2,1-4H3. The van der Waals surface area contributed by atoms with Crippen LogP contribution in [0.15, 0.2) is 6.07 Å². The Bertz CT molecular complexity index is 373. The molecule has 17 heavy (non-hydrogen) atoms. The molecule has 1 saturated heterocycles. The molecular weight excluding hydrogens is 214 g/mol. The van der Waals surface area contributed by atoms with Gasteiger partial charge in [0.15, 0.2) is 0 Å². The van der Waals surface area contributed by atoms with Gasteiger partial charge in [0.05, 0.1) is 24.6 Å². The van der Waals surface area contributed by atoms with Gasteiger partial charge in [-0.2, -0.15) is 5.10 Å². The molecule has 1 aromatic heterocycles. The summed E-state index contributed by atoms with van der Waals surface area (Å²) in [5.41, 5.74) is 2.58. The van der Waals surface area contributed by atoms with Gasteiger partial charge in [-0.1, -0.05) is 20.8 Å². The Morgan fingerprint density at radius 1 is 1.29 bits per heavy atom. The number of hydrogen-bond donors (Lipinski definition) is 0. The highest BCUT2D eigenvalue weighted by Crippen LogP contribution is 2.22. The molecule has 0 amide bonds. The highest BCUT2D eigenvalue weighted by atomic mass is 16.5. The Morgan fingerprint density at radius 2 is 1.94 bits per heavy atom. The van der Waals surface area contributed by atoms with Gasteiger partial charge >= 0.3 is 0 Å². The largest absolute Gasteiger partial charge is 0.379 e. The summed E-state index contributed by atoms with van der Waals surface area (Å²) in [5, 5.41) is 4.61. The molecule has 4 heteroatoms. The lowest BCUT2D eigenvalue weighted by molar-refractivity contribution is 0.0331. The van der Waals surface area contributed by atoms with Gasteiger partial charge < -0.3 is 4.74 Å². The summed E-state index contributed by atoms with van der Waals surface area (Å²) in [5.74, 6) is 0. The number of aryl methyl sites for hydroxylation is 1. The molecular formula is C13H23N3O. The van der Waals surface area contributed by atoms with Crippen molar-refractivity contribution >= 4 is 0 Å². The van der Waals surface area contributed by atoms with Crippen LogP contribution in [0, 0.1) is 0 Å². The van der Waals surface area contributed by atoms with Crippen LogP contribution in [0.1, 0.15) is 32.2 Å². The monoisotopic (exact) mass is 237 g/mol. The van der Waals surface area contributed by atoms with E-state index in [2.05, 4.69) is 36.8 Å². The fourth-order valence-corrected chi connectivity index (χ4v) is 2.01. The van der Waals surface area contributed by atoms with Crippen molar-refractivity contribution in [3.8, 4) is 0 Å². The van der Waals surface area contributed by atoms with Crippen LogP contribution in [0.25, 0.3) is 0 Å². The molecule has 2 rings (SSSR count). The van der Waals surface area contributed by atoms with E-state index in [0.29, 0.717) is 0 Å². The van der Waals surface area contributed by atoms with Gasteiger partial charge in [-0.25, -0.2) is 0 Å². The number of nitrogens with zero attached hydrogens (tertiary/aromatic N) is 3. The molecule has 0 spiro atoms. The maximum atomic E-state index is 5.36. The number of hydrogen-bond acceptors (Lipinski definition) is 3. The van der Waals surface area contributed by atoms with Gasteiger partial charge in [0.25, 0.3) is 0 Å². The predicted octanol–water partition coefficient (Wildman–Crippen LogP) is 1.55. The van der Waals surface area contributed by atoms with E-state index in [9.17, 15) is 0 Å². The zero-order chi connectivity index (χ0) is 12.5. The predicted molar refractivity (Wildman–Crippen MR) is 68.0 cm³/mol. The van der Waals surface area contributed by atoms with Crippen molar-refractivity contribution in [1.29, 1.82) is 0 Å². The maximum absolute atomic E-state index is 5.36. The molecule has 1 aliphatic rings.